The predicted octanol–water partition coefficient (Wildman–Crippen LogP) is 2.21. The van der Waals surface area contributed by atoms with E-state index in [1.54, 1.807) is 6.07 Å². The number of phenols is 1. The Labute approximate surface area is 91.3 Å². The van der Waals surface area contributed by atoms with Gasteiger partial charge in [0, 0.05) is 18.5 Å². The molecule has 1 heterocycles. The smallest absolute Gasteiger partial charge is 0.115 e. The summed E-state index contributed by atoms with van der Waals surface area (Å²) >= 11 is 0. The maximum atomic E-state index is 9.43. The summed E-state index contributed by atoms with van der Waals surface area (Å²) in [5, 5.41) is 12.8. The SMILES string of the molecule is CC.Oc1ccc2c(c1)C1(CC2)CNC1. The number of rotatable bonds is 0. The maximum absolute atomic E-state index is 9.43. The molecule has 1 aliphatic carbocycles. The van der Waals surface area contributed by atoms with Crippen LogP contribution in [0.1, 0.15) is 31.4 Å². The van der Waals surface area contributed by atoms with Crippen molar-refractivity contribution in [3.63, 3.8) is 0 Å². The molecule has 1 aliphatic heterocycles. The first-order valence-electron chi connectivity index (χ1n) is 5.83. The van der Waals surface area contributed by atoms with Crippen LogP contribution in [0.15, 0.2) is 18.2 Å². The average Bonchev–Trinajstić information content (AvgIpc) is 2.59. The lowest BCUT2D eigenvalue weighted by Gasteiger charge is -2.40. The van der Waals surface area contributed by atoms with Crippen LogP contribution in [0.3, 0.4) is 0 Å². The van der Waals surface area contributed by atoms with Crippen molar-refractivity contribution >= 4 is 0 Å². The molecule has 2 N–H and O–H groups in total. The summed E-state index contributed by atoms with van der Waals surface area (Å²) < 4.78 is 0. The molecule has 2 nitrogen and oxygen atoms in total. The van der Waals surface area contributed by atoms with Crippen LogP contribution in [-0.4, -0.2) is 18.2 Å². The van der Waals surface area contributed by atoms with Gasteiger partial charge in [-0.15, -0.1) is 0 Å². The van der Waals surface area contributed by atoms with Gasteiger partial charge in [-0.3, -0.25) is 0 Å². The van der Waals surface area contributed by atoms with Crippen LogP contribution in [0.5, 0.6) is 5.75 Å². The van der Waals surface area contributed by atoms with E-state index in [-0.39, 0.29) is 0 Å². The van der Waals surface area contributed by atoms with Gasteiger partial charge in [-0.25, -0.2) is 0 Å². The first-order valence-corrected chi connectivity index (χ1v) is 5.83. The largest absolute Gasteiger partial charge is 0.508 e. The summed E-state index contributed by atoms with van der Waals surface area (Å²) in [6.07, 6.45) is 2.43. The predicted molar refractivity (Wildman–Crippen MR) is 62.3 cm³/mol. The van der Waals surface area contributed by atoms with Gasteiger partial charge in [0.1, 0.15) is 5.75 Å². The maximum Gasteiger partial charge on any atom is 0.115 e. The van der Waals surface area contributed by atoms with E-state index in [1.807, 2.05) is 19.9 Å². The minimum absolute atomic E-state index is 0.369. The van der Waals surface area contributed by atoms with E-state index in [0.29, 0.717) is 11.2 Å². The van der Waals surface area contributed by atoms with E-state index < -0.39 is 0 Å². The molecule has 0 amide bonds. The zero-order valence-electron chi connectivity index (χ0n) is 9.51. The summed E-state index contributed by atoms with van der Waals surface area (Å²) in [7, 11) is 0. The fourth-order valence-corrected chi connectivity index (χ4v) is 2.58. The van der Waals surface area contributed by atoms with Crippen LogP contribution >= 0.6 is 0 Å². The number of phenolic OH excluding ortho intramolecular Hbond substituents is 1. The van der Waals surface area contributed by atoms with Crippen molar-refractivity contribution in [2.75, 3.05) is 13.1 Å². The molecule has 0 saturated carbocycles. The summed E-state index contributed by atoms with van der Waals surface area (Å²) in [4.78, 5) is 0. The minimum Gasteiger partial charge on any atom is -0.508 e. The van der Waals surface area contributed by atoms with Crippen LogP contribution < -0.4 is 5.32 Å². The molecule has 0 atom stereocenters. The molecule has 3 rings (SSSR count). The number of aromatic hydroxyl groups is 1. The number of hydrogen-bond donors (Lipinski definition) is 2. The van der Waals surface area contributed by atoms with E-state index in [1.165, 1.54) is 24.0 Å². The lowest BCUT2D eigenvalue weighted by atomic mass is 9.76. The monoisotopic (exact) mass is 205 g/mol. The van der Waals surface area contributed by atoms with Gasteiger partial charge >= 0.3 is 0 Å². The number of nitrogens with one attached hydrogen (secondary N) is 1. The quantitative estimate of drug-likeness (QED) is 0.680. The van der Waals surface area contributed by atoms with Crippen molar-refractivity contribution < 1.29 is 5.11 Å². The molecule has 1 aromatic rings. The number of fused-ring (bicyclic) bond motifs is 2. The molecule has 0 aromatic heterocycles. The van der Waals surface area contributed by atoms with Gasteiger partial charge in [0.05, 0.1) is 0 Å². The van der Waals surface area contributed by atoms with Crippen molar-refractivity contribution in [1.82, 2.24) is 5.32 Å². The van der Waals surface area contributed by atoms with Crippen LogP contribution in [0.25, 0.3) is 0 Å². The number of benzene rings is 1. The van der Waals surface area contributed by atoms with Gasteiger partial charge in [-0.1, -0.05) is 19.9 Å². The van der Waals surface area contributed by atoms with Crippen LogP contribution in [0, 0.1) is 0 Å². The third-order valence-corrected chi connectivity index (χ3v) is 3.46. The summed E-state index contributed by atoms with van der Waals surface area (Å²) in [5.74, 6) is 0.409. The first-order chi connectivity index (χ1) is 7.30. The first kappa shape index (κ1) is 10.5. The van der Waals surface area contributed by atoms with E-state index in [4.69, 9.17) is 0 Å². The highest BCUT2D eigenvalue weighted by atomic mass is 16.3. The average molecular weight is 205 g/mol. The lowest BCUT2D eigenvalue weighted by Crippen LogP contribution is -2.55. The van der Waals surface area contributed by atoms with E-state index in [9.17, 15) is 5.11 Å². The Kier molecular flexibility index (Phi) is 2.70. The summed E-state index contributed by atoms with van der Waals surface area (Å²) in [6.45, 7) is 6.17. The van der Waals surface area contributed by atoms with Crippen molar-refractivity contribution in [3.8, 4) is 5.75 Å². The highest BCUT2D eigenvalue weighted by Crippen LogP contribution is 2.42. The second-order valence-electron chi connectivity index (χ2n) is 4.23. The minimum atomic E-state index is 0.369. The van der Waals surface area contributed by atoms with E-state index in [2.05, 4.69) is 11.4 Å². The molecule has 0 bridgehead atoms. The number of hydrogen-bond acceptors (Lipinski definition) is 2. The fraction of sp³-hybridized carbons (Fsp3) is 0.538. The molecule has 1 fully saturated rings. The second-order valence-corrected chi connectivity index (χ2v) is 4.23. The van der Waals surface area contributed by atoms with Gasteiger partial charge in [-0.2, -0.15) is 0 Å². The highest BCUT2D eigenvalue weighted by molar-refractivity contribution is 5.46. The molecule has 1 aromatic carbocycles. The standard InChI is InChI=1S/C11H13NO.C2H6/c13-9-2-1-8-3-4-11(6-12-7-11)10(8)5-9;1-2/h1-2,5,12-13H,3-4,6-7H2;1-2H3. The zero-order chi connectivity index (χ0) is 10.9. The molecular formula is C13H19NO. The summed E-state index contributed by atoms with van der Waals surface area (Å²) in [6, 6.07) is 5.81. The summed E-state index contributed by atoms with van der Waals surface area (Å²) in [5.41, 5.74) is 3.18. The van der Waals surface area contributed by atoms with E-state index in [0.717, 1.165) is 13.1 Å². The Morgan fingerprint density at radius 2 is 2.00 bits per heavy atom. The Balaban J connectivity index is 0.000000404. The van der Waals surface area contributed by atoms with Gasteiger partial charge in [0.15, 0.2) is 0 Å². The molecule has 1 saturated heterocycles. The Hall–Kier alpha value is -1.02. The third-order valence-electron chi connectivity index (χ3n) is 3.46. The van der Waals surface area contributed by atoms with Crippen LogP contribution in [0.2, 0.25) is 0 Å². The highest BCUT2D eigenvalue weighted by Gasteiger charge is 2.43. The molecule has 15 heavy (non-hydrogen) atoms. The zero-order valence-corrected chi connectivity index (χ0v) is 9.51. The molecule has 2 aliphatic rings. The topological polar surface area (TPSA) is 32.3 Å². The van der Waals surface area contributed by atoms with Crippen molar-refractivity contribution in [2.24, 2.45) is 0 Å². The normalized spacial score (nSPS) is 20.1. The van der Waals surface area contributed by atoms with Crippen molar-refractivity contribution in [1.29, 1.82) is 0 Å². The molecule has 0 unspecified atom stereocenters. The van der Waals surface area contributed by atoms with Gasteiger partial charge in [-0.05, 0) is 36.1 Å². The molecular weight excluding hydrogens is 186 g/mol. The molecule has 2 heteroatoms. The third kappa shape index (κ3) is 1.53. The van der Waals surface area contributed by atoms with Crippen LogP contribution in [-0.2, 0) is 11.8 Å². The second kappa shape index (κ2) is 3.86. The Morgan fingerprint density at radius 3 is 2.60 bits per heavy atom. The lowest BCUT2D eigenvalue weighted by molar-refractivity contribution is 0.276. The van der Waals surface area contributed by atoms with Crippen LogP contribution in [0.4, 0.5) is 0 Å². The van der Waals surface area contributed by atoms with Gasteiger partial charge in [0.2, 0.25) is 0 Å². The van der Waals surface area contributed by atoms with Gasteiger partial charge in [0.25, 0.3) is 0 Å². The molecule has 0 radical (unpaired) electrons. The Morgan fingerprint density at radius 1 is 1.27 bits per heavy atom. The Bertz CT molecular complexity index is 356. The molecule has 82 valence electrons. The van der Waals surface area contributed by atoms with E-state index >= 15 is 0 Å². The molecule has 1 spiro atoms. The van der Waals surface area contributed by atoms with Crippen molar-refractivity contribution in [3.05, 3.63) is 29.3 Å². The van der Waals surface area contributed by atoms with Gasteiger partial charge < -0.3 is 10.4 Å². The van der Waals surface area contributed by atoms with Crippen molar-refractivity contribution in [2.45, 2.75) is 32.1 Å². The fourth-order valence-electron chi connectivity index (χ4n) is 2.58. The number of aryl methyl sites for hydroxylation is 1.